The third-order valence-corrected chi connectivity index (χ3v) is 7.75. The zero-order valence-electron chi connectivity index (χ0n) is 23.1. The van der Waals surface area contributed by atoms with Crippen LogP contribution in [0.1, 0.15) is 65.9 Å². The second kappa shape index (κ2) is 11.9. The number of ether oxygens (including phenoxy) is 2. The average Bonchev–Trinajstić information content (AvgIpc) is 3.70. The van der Waals surface area contributed by atoms with Gasteiger partial charge in [-0.15, -0.1) is 0 Å². The molecule has 3 atom stereocenters. The quantitative estimate of drug-likeness (QED) is 0.327. The van der Waals surface area contributed by atoms with E-state index in [9.17, 15) is 31.5 Å². The molecule has 1 saturated carbocycles. The number of halogens is 5. The predicted octanol–water partition coefficient (Wildman–Crippen LogP) is 3.45. The molecule has 1 aliphatic heterocycles. The normalized spacial score (nSPS) is 20.7. The molecule has 3 amide bonds. The number of fused-ring (bicyclic) bond motifs is 1. The summed E-state index contributed by atoms with van der Waals surface area (Å²) in [6.07, 6.45) is -2.04. The lowest BCUT2D eigenvalue weighted by Gasteiger charge is -2.33. The molecule has 1 aliphatic carbocycles. The standard InChI is InChI=1S/C25H29F5N8O5/c1-41-8-5-16(37-12-17(25(28,29)30)33-23(37)40)14-9-18-32-15(11-38(18)31-10-14)19(13-3-6-24(26,27)7-4-13)34-21(39)20-22(42-2)36-43-35-20/h9-11,13,16-17,19H,3-8,12H2,1-2H3,(H,33,40)(H,34,39)/t16-,17+,19+/m1/s1. The Bertz CT molecular complexity index is 1450. The van der Waals surface area contributed by atoms with Crippen molar-refractivity contribution in [2.75, 3.05) is 27.4 Å². The van der Waals surface area contributed by atoms with Crippen molar-refractivity contribution in [1.29, 1.82) is 0 Å². The number of imidazole rings is 1. The molecule has 5 rings (SSSR count). The van der Waals surface area contributed by atoms with Crippen LogP contribution < -0.4 is 15.4 Å². The maximum absolute atomic E-state index is 14.0. The summed E-state index contributed by atoms with van der Waals surface area (Å²) in [6.45, 7) is -0.445. The van der Waals surface area contributed by atoms with Crippen LogP contribution in [0.2, 0.25) is 0 Å². The van der Waals surface area contributed by atoms with Crippen molar-refractivity contribution < 1.29 is 45.6 Å². The van der Waals surface area contributed by atoms with Crippen LogP contribution in [0, 0.1) is 5.92 Å². The molecule has 0 bridgehead atoms. The second-order valence-electron chi connectivity index (χ2n) is 10.5. The van der Waals surface area contributed by atoms with Crippen LogP contribution in [0.3, 0.4) is 0 Å². The molecule has 13 nitrogen and oxygen atoms in total. The van der Waals surface area contributed by atoms with Gasteiger partial charge in [0, 0.05) is 26.6 Å². The van der Waals surface area contributed by atoms with Crippen molar-refractivity contribution >= 4 is 17.6 Å². The maximum atomic E-state index is 14.0. The molecule has 0 spiro atoms. The van der Waals surface area contributed by atoms with Gasteiger partial charge in [0.25, 0.3) is 11.8 Å². The van der Waals surface area contributed by atoms with Gasteiger partial charge in [-0.3, -0.25) is 4.79 Å². The third-order valence-electron chi connectivity index (χ3n) is 7.75. The minimum Gasteiger partial charge on any atom is -0.477 e. The lowest BCUT2D eigenvalue weighted by atomic mass is 9.81. The molecule has 3 aromatic rings. The van der Waals surface area contributed by atoms with Gasteiger partial charge in [0.05, 0.1) is 43.8 Å². The lowest BCUT2D eigenvalue weighted by Crippen LogP contribution is -2.40. The highest BCUT2D eigenvalue weighted by Gasteiger charge is 2.48. The molecule has 3 aromatic heterocycles. The Hall–Kier alpha value is -4.09. The summed E-state index contributed by atoms with van der Waals surface area (Å²) in [5.74, 6) is -4.11. The molecule has 2 fully saturated rings. The van der Waals surface area contributed by atoms with Gasteiger partial charge in [0.2, 0.25) is 11.6 Å². The molecule has 2 aliphatic rings. The number of aromatic nitrogens is 5. The number of rotatable bonds is 10. The van der Waals surface area contributed by atoms with Crippen LogP contribution >= 0.6 is 0 Å². The molecule has 43 heavy (non-hydrogen) atoms. The van der Waals surface area contributed by atoms with Gasteiger partial charge < -0.3 is 25.0 Å². The first-order valence-electron chi connectivity index (χ1n) is 13.4. The van der Waals surface area contributed by atoms with Crippen molar-refractivity contribution in [1.82, 2.24) is 40.4 Å². The summed E-state index contributed by atoms with van der Waals surface area (Å²) in [5, 5.41) is 16.2. The molecule has 234 valence electrons. The third kappa shape index (κ3) is 6.47. The minimum absolute atomic E-state index is 0.0994. The highest BCUT2D eigenvalue weighted by atomic mass is 19.4. The van der Waals surface area contributed by atoms with Crippen LogP contribution in [0.4, 0.5) is 26.7 Å². The van der Waals surface area contributed by atoms with Crippen LogP contribution in [-0.2, 0) is 4.74 Å². The van der Waals surface area contributed by atoms with E-state index >= 15 is 0 Å². The van der Waals surface area contributed by atoms with E-state index in [1.54, 1.807) is 6.07 Å². The Morgan fingerprint density at radius 1 is 1.26 bits per heavy atom. The first-order chi connectivity index (χ1) is 20.4. The van der Waals surface area contributed by atoms with Crippen molar-refractivity contribution in [2.24, 2.45) is 5.92 Å². The summed E-state index contributed by atoms with van der Waals surface area (Å²) in [4.78, 5) is 31.3. The van der Waals surface area contributed by atoms with Crippen LogP contribution in [0.5, 0.6) is 5.88 Å². The number of carbonyl (C=O) groups is 2. The number of nitrogens with zero attached hydrogens (tertiary/aromatic N) is 6. The highest BCUT2D eigenvalue weighted by molar-refractivity contribution is 5.94. The molecule has 0 unspecified atom stereocenters. The Labute approximate surface area is 241 Å². The number of hydrogen-bond donors (Lipinski definition) is 2. The SMILES string of the molecule is COCC[C@H](c1cnn2cc([C@@H](NC(=O)c3nonc3OC)C3CCC(F)(F)CC3)nc2c1)N1C[C@@H](C(F)(F)F)NC1=O. The molecule has 4 heterocycles. The maximum Gasteiger partial charge on any atom is 0.410 e. The largest absolute Gasteiger partial charge is 0.477 e. The summed E-state index contributed by atoms with van der Waals surface area (Å²) >= 11 is 0. The molecule has 0 radical (unpaired) electrons. The van der Waals surface area contributed by atoms with Crippen LogP contribution in [-0.4, -0.2) is 87.3 Å². The summed E-state index contributed by atoms with van der Waals surface area (Å²) < 4.78 is 84.1. The van der Waals surface area contributed by atoms with Gasteiger partial charge in [-0.25, -0.2) is 27.7 Å². The summed E-state index contributed by atoms with van der Waals surface area (Å²) in [7, 11) is 2.71. The van der Waals surface area contributed by atoms with E-state index in [0.717, 1.165) is 4.90 Å². The van der Waals surface area contributed by atoms with Crippen LogP contribution in [0.15, 0.2) is 23.1 Å². The van der Waals surface area contributed by atoms with Crippen molar-refractivity contribution in [2.45, 2.75) is 62.3 Å². The fraction of sp³-hybridized carbons (Fsp3) is 0.600. The number of urea groups is 1. The van der Waals surface area contributed by atoms with E-state index < -0.39 is 54.6 Å². The van der Waals surface area contributed by atoms with Crippen LogP contribution in [0.25, 0.3) is 5.65 Å². The smallest absolute Gasteiger partial charge is 0.410 e. The minimum atomic E-state index is -4.62. The average molecular weight is 617 g/mol. The second-order valence-corrected chi connectivity index (χ2v) is 10.5. The van der Waals surface area contributed by atoms with E-state index in [1.807, 2.05) is 5.32 Å². The van der Waals surface area contributed by atoms with E-state index in [-0.39, 0.29) is 55.9 Å². The van der Waals surface area contributed by atoms with E-state index in [4.69, 9.17) is 9.47 Å². The summed E-state index contributed by atoms with van der Waals surface area (Å²) in [5.41, 5.74) is 0.756. The van der Waals surface area contributed by atoms with E-state index in [0.29, 0.717) is 11.3 Å². The molecular weight excluding hydrogens is 587 g/mol. The fourth-order valence-corrected chi connectivity index (χ4v) is 5.48. The van der Waals surface area contributed by atoms with E-state index in [1.165, 1.54) is 31.1 Å². The van der Waals surface area contributed by atoms with Gasteiger partial charge in [0.1, 0.15) is 6.04 Å². The Morgan fingerprint density at radius 3 is 2.65 bits per heavy atom. The van der Waals surface area contributed by atoms with Crippen molar-refractivity contribution in [3.05, 3.63) is 35.4 Å². The number of methoxy groups -OCH3 is 2. The first-order valence-corrected chi connectivity index (χ1v) is 13.4. The molecule has 18 heteroatoms. The van der Waals surface area contributed by atoms with Gasteiger partial charge in [0.15, 0.2) is 5.65 Å². The first kappa shape index (κ1) is 30.4. The van der Waals surface area contributed by atoms with E-state index in [2.05, 4.69) is 30.3 Å². The number of nitrogens with one attached hydrogen (secondary N) is 2. The van der Waals surface area contributed by atoms with Crippen molar-refractivity contribution in [3.8, 4) is 5.88 Å². The topological polar surface area (TPSA) is 149 Å². The van der Waals surface area contributed by atoms with Gasteiger partial charge in [-0.05, 0) is 47.1 Å². The fourth-order valence-electron chi connectivity index (χ4n) is 5.48. The number of amides is 3. The predicted molar refractivity (Wildman–Crippen MR) is 135 cm³/mol. The molecule has 2 N–H and O–H groups in total. The molecule has 0 aromatic carbocycles. The zero-order valence-corrected chi connectivity index (χ0v) is 23.1. The van der Waals surface area contributed by atoms with Gasteiger partial charge in [-0.1, -0.05) is 0 Å². The molecule has 1 saturated heterocycles. The lowest BCUT2D eigenvalue weighted by molar-refractivity contribution is -0.150. The Kier molecular flexibility index (Phi) is 8.40. The zero-order chi connectivity index (χ0) is 30.9. The van der Waals surface area contributed by atoms with Gasteiger partial charge >= 0.3 is 12.2 Å². The monoisotopic (exact) mass is 616 g/mol. The summed E-state index contributed by atoms with van der Waals surface area (Å²) in [6, 6.07) is -2.97. The number of carbonyl (C=O) groups excluding carboxylic acids is 2. The van der Waals surface area contributed by atoms with Crippen molar-refractivity contribution in [3.63, 3.8) is 0 Å². The Morgan fingerprint density at radius 2 is 2.00 bits per heavy atom. The highest BCUT2D eigenvalue weighted by Crippen LogP contribution is 2.41. The Balaban J connectivity index is 1.46. The van der Waals surface area contributed by atoms with Gasteiger partial charge in [-0.2, -0.15) is 18.3 Å². The number of alkyl halides is 5. The molecular formula is C25H29F5N8O5. The number of hydrogen-bond acceptors (Lipinski definition) is 9.